The molecule has 1 aliphatic rings. The monoisotopic (exact) mass is 233 g/mol. The van der Waals surface area contributed by atoms with Crippen molar-refractivity contribution in [1.82, 2.24) is 4.98 Å². The molecule has 3 aromatic rings. The summed E-state index contributed by atoms with van der Waals surface area (Å²) in [4.78, 5) is 3.50. The van der Waals surface area contributed by atoms with E-state index in [2.05, 4.69) is 53.5 Å². The fourth-order valence-electron chi connectivity index (χ4n) is 2.97. The van der Waals surface area contributed by atoms with Gasteiger partial charge in [0.25, 0.3) is 0 Å². The second kappa shape index (κ2) is 3.74. The van der Waals surface area contributed by atoms with Crippen molar-refractivity contribution in [2.24, 2.45) is 0 Å². The van der Waals surface area contributed by atoms with Gasteiger partial charge in [-0.1, -0.05) is 30.3 Å². The molecule has 4 rings (SSSR count). The fraction of sp³-hybridized carbons (Fsp3) is 0.176. The Hall–Kier alpha value is -2.02. The number of hydrogen-bond acceptors (Lipinski definition) is 0. The van der Waals surface area contributed by atoms with E-state index in [0.29, 0.717) is 0 Å². The molecule has 2 aromatic carbocycles. The Morgan fingerprint density at radius 2 is 1.72 bits per heavy atom. The first-order valence-corrected chi connectivity index (χ1v) is 6.60. The van der Waals surface area contributed by atoms with Gasteiger partial charge in [0, 0.05) is 16.6 Å². The van der Waals surface area contributed by atoms with Crippen molar-refractivity contribution in [2.75, 3.05) is 0 Å². The van der Waals surface area contributed by atoms with Crippen LogP contribution < -0.4 is 0 Å². The number of hydrogen-bond donors (Lipinski definition) is 1. The third-order valence-corrected chi connectivity index (χ3v) is 3.94. The maximum atomic E-state index is 3.50. The summed E-state index contributed by atoms with van der Waals surface area (Å²) in [6, 6.07) is 17.6. The minimum atomic E-state index is 1.22. The molecule has 0 spiro atoms. The third kappa shape index (κ3) is 1.47. The van der Waals surface area contributed by atoms with Crippen LogP contribution >= 0.6 is 0 Å². The topological polar surface area (TPSA) is 15.8 Å². The molecule has 0 saturated heterocycles. The standard InChI is InChI=1S/C17H15N/c1-2-7-16-14(4-1)11-17(18-16)15-9-8-12-5-3-6-13(12)10-15/h1-2,4,7-11,18H,3,5-6H2. The maximum Gasteiger partial charge on any atom is 0.0464 e. The SMILES string of the molecule is c1ccc2[nH]c(-c3ccc4c(c3)CCC4)cc2c1. The lowest BCUT2D eigenvalue weighted by atomic mass is 10.0. The molecule has 0 unspecified atom stereocenters. The Balaban J connectivity index is 1.86. The van der Waals surface area contributed by atoms with Crippen molar-refractivity contribution in [2.45, 2.75) is 19.3 Å². The fourth-order valence-corrected chi connectivity index (χ4v) is 2.97. The number of aryl methyl sites for hydroxylation is 2. The van der Waals surface area contributed by atoms with Crippen LogP contribution in [0.15, 0.2) is 48.5 Å². The van der Waals surface area contributed by atoms with Crippen molar-refractivity contribution < 1.29 is 0 Å². The van der Waals surface area contributed by atoms with E-state index in [9.17, 15) is 0 Å². The summed E-state index contributed by atoms with van der Waals surface area (Å²) in [7, 11) is 0. The first-order chi connectivity index (χ1) is 8.90. The predicted molar refractivity (Wildman–Crippen MR) is 75.8 cm³/mol. The van der Waals surface area contributed by atoms with Crippen LogP contribution in [0.5, 0.6) is 0 Å². The normalized spacial score (nSPS) is 14.0. The highest BCUT2D eigenvalue weighted by Gasteiger charge is 2.12. The van der Waals surface area contributed by atoms with Crippen molar-refractivity contribution in [3.05, 3.63) is 59.7 Å². The minimum absolute atomic E-state index is 1.22. The molecule has 0 atom stereocenters. The van der Waals surface area contributed by atoms with Crippen LogP contribution in [0.4, 0.5) is 0 Å². The van der Waals surface area contributed by atoms with Gasteiger partial charge >= 0.3 is 0 Å². The molecule has 1 nitrogen and oxygen atoms in total. The molecule has 18 heavy (non-hydrogen) atoms. The summed E-state index contributed by atoms with van der Waals surface area (Å²) in [6.45, 7) is 0. The summed E-state index contributed by atoms with van der Waals surface area (Å²) < 4.78 is 0. The lowest BCUT2D eigenvalue weighted by Gasteiger charge is -2.02. The first-order valence-electron chi connectivity index (χ1n) is 6.60. The number of para-hydroxylation sites is 1. The van der Waals surface area contributed by atoms with Gasteiger partial charge in [-0.05, 0) is 54.2 Å². The second-order valence-electron chi connectivity index (χ2n) is 5.11. The van der Waals surface area contributed by atoms with Crippen LogP contribution in [-0.2, 0) is 12.8 Å². The molecule has 0 bridgehead atoms. The average molecular weight is 233 g/mol. The van der Waals surface area contributed by atoms with Crippen molar-refractivity contribution in [3.63, 3.8) is 0 Å². The van der Waals surface area contributed by atoms with Gasteiger partial charge in [-0.3, -0.25) is 0 Å². The van der Waals surface area contributed by atoms with Crippen LogP contribution in [0, 0.1) is 0 Å². The molecule has 0 saturated carbocycles. The number of fused-ring (bicyclic) bond motifs is 2. The van der Waals surface area contributed by atoms with Gasteiger partial charge in [0.15, 0.2) is 0 Å². The summed E-state index contributed by atoms with van der Waals surface area (Å²) in [5, 5.41) is 1.29. The molecule has 1 aromatic heterocycles. The zero-order valence-electron chi connectivity index (χ0n) is 10.2. The highest BCUT2D eigenvalue weighted by Crippen LogP contribution is 2.29. The second-order valence-corrected chi connectivity index (χ2v) is 5.11. The van der Waals surface area contributed by atoms with Crippen molar-refractivity contribution in [1.29, 1.82) is 0 Å². The van der Waals surface area contributed by atoms with Gasteiger partial charge < -0.3 is 4.98 Å². The average Bonchev–Trinajstić information content (AvgIpc) is 3.04. The van der Waals surface area contributed by atoms with Gasteiger partial charge in [0.05, 0.1) is 0 Å². The number of rotatable bonds is 1. The quantitative estimate of drug-likeness (QED) is 0.644. The third-order valence-electron chi connectivity index (χ3n) is 3.94. The van der Waals surface area contributed by atoms with Gasteiger partial charge in [0.1, 0.15) is 0 Å². The van der Waals surface area contributed by atoms with E-state index < -0.39 is 0 Å². The smallest absolute Gasteiger partial charge is 0.0464 e. The van der Waals surface area contributed by atoms with Crippen molar-refractivity contribution >= 4 is 10.9 Å². The number of aromatic amines is 1. The molecule has 0 radical (unpaired) electrons. The highest BCUT2D eigenvalue weighted by molar-refractivity contribution is 5.85. The molecule has 0 amide bonds. The number of benzene rings is 2. The number of aromatic nitrogens is 1. The lowest BCUT2D eigenvalue weighted by Crippen LogP contribution is -1.84. The van der Waals surface area contributed by atoms with E-state index in [-0.39, 0.29) is 0 Å². The maximum absolute atomic E-state index is 3.50. The zero-order chi connectivity index (χ0) is 11.9. The van der Waals surface area contributed by atoms with E-state index >= 15 is 0 Å². The molecule has 0 fully saturated rings. The Morgan fingerprint density at radius 1 is 0.833 bits per heavy atom. The molecule has 1 N–H and O–H groups in total. The minimum Gasteiger partial charge on any atom is -0.355 e. The Kier molecular flexibility index (Phi) is 2.07. The van der Waals surface area contributed by atoms with Crippen LogP contribution in [0.2, 0.25) is 0 Å². The summed E-state index contributed by atoms with van der Waals surface area (Å²) >= 11 is 0. The molecule has 1 aliphatic carbocycles. The molecular weight excluding hydrogens is 218 g/mol. The lowest BCUT2D eigenvalue weighted by molar-refractivity contribution is 0.912. The first kappa shape index (κ1) is 9.95. The van der Waals surface area contributed by atoms with Gasteiger partial charge in [0.2, 0.25) is 0 Å². The van der Waals surface area contributed by atoms with Gasteiger partial charge in [-0.15, -0.1) is 0 Å². The van der Waals surface area contributed by atoms with E-state index in [1.54, 1.807) is 0 Å². The summed E-state index contributed by atoms with van der Waals surface area (Å²) in [5.41, 5.74) is 6.83. The molecular formula is C17H15N. The summed E-state index contributed by atoms with van der Waals surface area (Å²) in [5.74, 6) is 0. The van der Waals surface area contributed by atoms with Crippen LogP contribution in [0.1, 0.15) is 17.5 Å². The van der Waals surface area contributed by atoms with Crippen LogP contribution in [0.25, 0.3) is 22.2 Å². The Bertz CT molecular complexity index is 688. The largest absolute Gasteiger partial charge is 0.355 e. The van der Waals surface area contributed by atoms with Crippen LogP contribution in [-0.4, -0.2) is 4.98 Å². The van der Waals surface area contributed by atoms with Crippen LogP contribution in [0.3, 0.4) is 0 Å². The van der Waals surface area contributed by atoms with Gasteiger partial charge in [-0.2, -0.15) is 0 Å². The molecule has 1 heteroatoms. The number of nitrogens with one attached hydrogen (secondary N) is 1. The molecule has 0 aliphatic heterocycles. The number of H-pyrrole nitrogens is 1. The van der Waals surface area contributed by atoms with E-state index in [0.717, 1.165) is 0 Å². The molecule has 88 valence electrons. The van der Waals surface area contributed by atoms with E-state index in [1.807, 2.05) is 0 Å². The van der Waals surface area contributed by atoms with Crippen molar-refractivity contribution in [3.8, 4) is 11.3 Å². The summed E-state index contributed by atoms with van der Waals surface area (Å²) in [6.07, 6.45) is 3.80. The van der Waals surface area contributed by atoms with E-state index in [1.165, 1.54) is 52.5 Å². The zero-order valence-corrected chi connectivity index (χ0v) is 10.2. The van der Waals surface area contributed by atoms with Gasteiger partial charge in [-0.25, -0.2) is 0 Å². The van der Waals surface area contributed by atoms with E-state index in [4.69, 9.17) is 0 Å². The predicted octanol–water partition coefficient (Wildman–Crippen LogP) is 4.32. The Labute approximate surface area is 106 Å². The molecule has 1 heterocycles. The highest BCUT2D eigenvalue weighted by atomic mass is 14.7. The Morgan fingerprint density at radius 3 is 2.67 bits per heavy atom.